The summed E-state index contributed by atoms with van der Waals surface area (Å²) >= 11 is 1.31. The molecule has 1 heterocycles. The number of thioether (sulfide) groups is 1. The summed E-state index contributed by atoms with van der Waals surface area (Å²) < 4.78 is 4.77. The third-order valence-corrected chi connectivity index (χ3v) is 4.50. The fraction of sp³-hybridized carbons (Fsp3) is 0.235. The zero-order valence-corrected chi connectivity index (χ0v) is 13.4. The Morgan fingerprint density at radius 2 is 2.17 bits per heavy atom. The zero-order chi connectivity index (χ0) is 16.8. The van der Waals surface area contributed by atoms with Crippen molar-refractivity contribution in [2.75, 3.05) is 12.9 Å². The molecule has 0 fully saturated rings. The molecule has 2 rings (SSSR count). The second-order valence-corrected chi connectivity index (χ2v) is 5.86. The molecule has 0 radical (unpaired) electrons. The van der Waals surface area contributed by atoms with Crippen molar-refractivity contribution in [3.05, 3.63) is 59.2 Å². The smallest absolute Gasteiger partial charge is 0.319 e. The molecule has 1 amide bonds. The number of carbonyl (C=O) groups excluding carboxylic acids is 2. The number of carbonyl (C=O) groups is 2. The average Bonchev–Trinajstić information content (AvgIpc) is 2.59. The van der Waals surface area contributed by atoms with E-state index in [2.05, 4.69) is 18.0 Å². The Hall–Kier alpha value is -2.52. The number of benzene rings is 1. The first-order valence-electron chi connectivity index (χ1n) is 6.95. The van der Waals surface area contributed by atoms with Crippen LogP contribution in [0.15, 0.2) is 53.6 Å². The molecule has 0 saturated carbocycles. The fourth-order valence-corrected chi connectivity index (χ4v) is 3.27. The molecule has 0 unspecified atom stereocenters. The first kappa shape index (κ1) is 16.8. The van der Waals surface area contributed by atoms with E-state index >= 15 is 0 Å². The van der Waals surface area contributed by atoms with Gasteiger partial charge >= 0.3 is 5.97 Å². The molecule has 0 aliphatic carbocycles. The Bertz CT molecular complexity index is 692. The van der Waals surface area contributed by atoms with Gasteiger partial charge in [-0.25, -0.2) is 0 Å². The summed E-state index contributed by atoms with van der Waals surface area (Å²) in [6.45, 7) is 3.64. The van der Waals surface area contributed by atoms with Crippen LogP contribution in [0.2, 0.25) is 0 Å². The Labute approximate surface area is 139 Å². The highest BCUT2D eigenvalue weighted by atomic mass is 32.2. The lowest BCUT2D eigenvalue weighted by Crippen LogP contribution is -2.44. The SMILES string of the molecule is C=CCSC1=C(C#N)[C@@H](c2ccccc2)[C@H](C(=O)OC)C(=O)N1. The summed E-state index contributed by atoms with van der Waals surface area (Å²) in [4.78, 5) is 24.5. The number of nitrogens with one attached hydrogen (secondary N) is 1. The molecular weight excluding hydrogens is 312 g/mol. The maximum Gasteiger partial charge on any atom is 0.319 e. The second-order valence-electron chi connectivity index (χ2n) is 4.83. The van der Waals surface area contributed by atoms with Crippen molar-refractivity contribution in [2.24, 2.45) is 5.92 Å². The van der Waals surface area contributed by atoms with Gasteiger partial charge in [0.1, 0.15) is 5.92 Å². The van der Waals surface area contributed by atoms with Gasteiger partial charge in [-0.05, 0) is 5.56 Å². The van der Waals surface area contributed by atoms with Crippen LogP contribution in [0.1, 0.15) is 11.5 Å². The van der Waals surface area contributed by atoms with E-state index in [1.54, 1.807) is 18.2 Å². The van der Waals surface area contributed by atoms with Gasteiger partial charge in [-0.1, -0.05) is 36.4 Å². The van der Waals surface area contributed by atoms with Gasteiger partial charge in [0, 0.05) is 11.7 Å². The lowest BCUT2D eigenvalue weighted by molar-refractivity contribution is -0.150. The summed E-state index contributed by atoms with van der Waals surface area (Å²) in [6, 6.07) is 11.2. The molecular formula is C17H16N2O3S. The topological polar surface area (TPSA) is 79.2 Å². The number of hydrogen-bond acceptors (Lipinski definition) is 5. The van der Waals surface area contributed by atoms with E-state index in [4.69, 9.17) is 4.74 Å². The van der Waals surface area contributed by atoms with Gasteiger partial charge in [0.15, 0.2) is 0 Å². The Morgan fingerprint density at radius 1 is 1.48 bits per heavy atom. The number of rotatable bonds is 5. The van der Waals surface area contributed by atoms with Gasteiger partial charge in [0.25, 0.3) is 0 Å². The zero-order valence-electron chi connectivity index (χ0n) is 12.6. The minimum absolute atomic E-state index is 0.359. The standard InChI is InChI=1S/C17H16N2O3S/c1-3-9-23-16-12(10-18)13(11-7-5-4-6-8-11)14(15(20)19-16)17(21)22-2/h3-8,13-14H,1,9H2,2H3,(H,19,20)/t13-,14+/m1/s1. The monoisotopic (exact) mass is 328 g/mol. The highest BCUT2D eigenvalue weighted by Gasteiger charge is 2.44. The molecule has 0 spiro atoms. The van der Waals surface area contributed by atoms with Gasteiger partial charge in [-0.3, -0.25) is 9.59 Å². The van der Waals surface area contributed by atoms with Crippen molar-refractivity contribution >= 4 is 23.6 Å². The van der Waals surface area contributed by atoms with Crippen LogP contribution in [0.4, 0.5) is 0 Å². The Kier molecular flexibility index (Phi) is 5.61. The third-order valence-electron chi connectivity index (χ3n) is 3.49. The molecule has 1 aliphatic rings. The molecule has 1 aromatic rings. The van der Waals surface area contributed by atoms with Crippen molar-refractivity contribution in [2.45, 2.75) is 5.92 Å². The highest BCUT2D eigenvalue weighted by molar-refractivity contribution is 8.03. The molecule has 1 aromatic carbocycles. The van der Waals surface area contributed by atoms with Crippen molar-refractivity contribution in [1.29, 1.82) is 5.26 Å². The highest BCUT2D eigenvalue weighted by Crippen LogP contribution is 2.39. The third kappa shape index (κ3) is 3.46. The summed E-state index contributed by atoms with van der Waals surface area (Å²) in [6.07, 6.45) is 1.68. The van der Waals surface area contributed by atoms with Crippen LogP contribution in [-0.2, 0) is 14.3 Å². The number of ether oxygens (including phenoxy) is 1. The van der Waals surface area contributed by atoms with Crippen molar-refractivity contribution in [3.63, 3.8) is 0 Å². The molecule has 1 aliphatic heterocycles. The molecule has 0 saturated heterocycles. The Morgan fingerprint density at radius 3 is 2.74 bits per heavy atom. The van der Waals surface area contributed by atoms with Crippen LogP contribution in [-0.4, -0.2) is 24.7 Å². The maximum absolute atomic E-state index is 12.4. The molecule has 1 N–H and O–H groups in total. The summed E-state index contributed by atoms with van der Waals surface area (Å²) in [5.41, 5.74) is 1.09. The maximum atomic E-state index is 12.4. The molecule has 6 heteroatoms. The molecule has 2 atom stereocenters. The van der Waals surface area contributed by atoms with Gasteiger partial charge in [0.2, 0.25) is 5.91 Å². The number of nitriles is 1. The van der Waals surface area contributed by atoms with E-state index in [0.29, 0.717) is 16.4 Å². The first-order chi connectivity index (χ1) is 11.1. The van der Waals surface area contributed by atoms with E-state index in [0.717, 1.165) is 5.56 Å². The Balaban J connectivity index is 2.58. The number of esters is 1. The van der Waals surface area contributed by atoms with E-state index in [1.165, 1.54) is 18.9 Å². The van der Waals surface area contributed by atoms with Gasteiger partial charge in [-0.15, -0.1) is 18.3 Å². The van der Waals surface area contributed by atoms with Crippen molar-refractivity contribution in [3.8, 4) is 6.07 Å². The molecule has 0 aromatic heterocycles. The first-order valence-corrected chi connectivity index (χ1v) is 7.94. The number of methoxy groups -OCH3 is 1. The lowest BCUT2D eigenvalue weighted by Gasteiger charge is -2.30. The van der Waals surface area contributed by atoms with Crippen molar-refractivity contribution < 1.29 is 14.3 Å². The number of hydrogen-bond donors (Lipinski definition) is 1. The quantitative estimate of drug-likeness (QED) is 0.510. The predicted molar refractivity (Wildman–Crippen MR) is 88.1 cm³/mol. The van der Waals surface area contributed by atoms with Crippen molar-refractivity contribution in [1.82, 2.24) is 5.32 Å². The van der Waals surface area contributed by atoms with Crippen LogP contribution in [0.5, 0.6) is 0 Å². The molecule has 23 heavy (non-hydrogen) atoms. The van der Waals surface area contributed by atoms with Crippen LogP contribution in [0.25, 0.3) is 0 Å². The number of nitrogens with zero attached hydrogens (tertiary/aromatic N) is 1. The van der Waals surface area contributed by atoms with Crippen LogP contribution in [0, 0.1) is 17.2 Å². The van der Waals surface area contributed by atoms with E-state index < -0.39 is 23.7 Å². The molecule has 118 valence electrons. The summed E-state index contributed by atoms with van der Waals surface area (Å²) in [5, 5.41) is 12.7. The minimum Gasteiger partial charge on any atom is -0.468 e. The minimum atomic E-state index is -1.08. The lowest BCUT2D eigenvalue weighted by atomic mass is 9.78. The van der Waals surface area contributed by atoms with Gasteiger partial charge in [-0.2, -0.15) is 5.26 Å². The largest absolute Gasteiger partial charge is 0.468 e. The number of allylic oxidation sites excluding steroid dienone is 1. The normalized spacial score (nSPS) is 20.4. The predicted octanol–water partition coefficient (Wildman–Crippen LogP) is 2.34. The van der Waals surface area contributed by atoms with Gasteiger partial charge in [0.05, 0.1) is 23.8 Å². The van der Waals surface area contributed by atoms with E-state index in [1.807, 2.05) is 18.2 Å². The molecule has 0 bridgehead atoms. The van der Waals surface area contributed by atoms with E-state index in [9.17, 15) is 14.9 Å². The van der Waals surface area contributed by atoms with E-state index in [-0.39, 0.29) is 0 Å². The van der Waals surface area contributed by atoms with Gasteiger partial charge < -0.3 is 10.1 Å². The fourth-order valence-electron chi connectivity index (χ4n) is 2.48. The summed E-state index contributed by atoms with van der Waals surface area (Å²) in [5.74, 6) is -2.31. The number of amides is 1. The van der Waals surface area contributed by atoms with Crippen LogP contribution < -0.4 is 5.32 Å². The average molecular weight is 328 g/mol. The van der Waals surface area contributed by atoms with Crippen LogP contribution in [0.3, 0.4) is 0 Å². The second kappa shape index (κ2) is 7.65. The van der Waals surface area contributed by atoms with Crippen LogP contribution >= 0.6 is 11.8 Å². The molecule has 5 nitrogen and oxygen atoms in total. The summed E-state index contributed by atoms with van der Waals surface area (Å²) in [7, 11) is 1.23.